The number of hydrogen-bond acceptors (Lipinski definition) is 4. The lowest BCUT2D eigenvalue weighted by Gasteiger charge is -2.13. The number of thiazole rings is 1. The van der Waals surface area contributed by atoms with Crippen LogP contribution in [0.4, 0.5) is 5.69 Å². The highest BCUT2D eigenvalue weighted by Crippen LogP contribution is 2.29. The molecule has 0 aliphatic heterocycles. The van der Waals surface area contributed by atoms with Crippen LogP contribution < -0.4 is 5.32 Å². The van der Waals surface area contributed by atoms with Gasteiger partial charge in [0.05, 0.1) is 26.8 Å². The summed E-state index contributed by atoms with van der Waals surface area (Å²) in [7, 11) is 0. The molecule has 1 N–H and O–H groups in total. The number of fused-ring (bicyclic) bond motifs is 1. The standard InChI is InChI=1S/C16H12ClN3S/c1-10(16-20-14-4-2-3-5-15(14)21-16)19-12-6-7-13(17)11(8-12)9-18/h2-8,10,19H,1H3. The Bertz CT molecular complexity index is 802. The molecule has 1 unspecified atom stereocenters. The van der Waals surface area contributed by atoms with Gasteiger partial charge in [-0.2, -0.15) is 5.26 Å². The van der Waals surface area contributed by atoms with Crippen LogP contribution in [0.1, 0.15) is 23.5 Å². The number of aromatic nitrogens is 1. The first kappa shape index (κ1) is 13.9. The van der Waals surface area contributed by atoms with Crippen LogP contribution in [0.15, 0.2) is 42.5 Å². The summed E-state index contributed by atoms with van der Waals surface area (Å²) in [6.07, 6.45) is 0. The number of hydrogen-bond donors (Lipinski definition) is 1. The second-order valence-corrected chi connectivity index (χ2v) is 6.16. The molecule has 0 spiro atoms. The quantitative estimate of drug-likeness (QED) is 0.740. The number of halogens is 1. The van der Waals surface area contributed by atoms with E-state index in [1.807, 2.05) is 24.3 Å². The zero-order valence-electron chi connectivity index (χ0n) is 11.3. The molecule has 0 saturated carbocycles. The highest BCUT2D eigenvalue weighted by atomic mass is 35.5. The van der Waals surface area contributed by atoms with E-state index in [-0.39, 0.29) is 6.04 Å². The number of benzene rings is 2. The second-order valence-electron chi connectivity index (χ2n) is 4.69. The number of nitrogens with zero attached hydrogens (tertiary/aromatic N) is 2. The van der Waals surface area contributed by atoms with Gasteiger partial charge in [0.2, 0.25) is 0 Å². The van der Waals surface area contributed by atoms with Crippen molar-refractivity contribution < 1.29 is 0 Å². The molecule has 3 nitrogen and oxygen atoms in total. The highest BCUT2D eigenvalue weighted by molar-refractivity contribution is 7.18. The van der Waals surface area contributed by atoms with E-state index in [1.165, 1.54) is 4.70 Å². The van der Waals surface area contributed by atoms with Gasteiger partial charge < -0.3 is 5.32 Å². The molecule has 5 heteroatoms. The molecule has 0 aliphatic carbocycles. The maximum atomic E-state index is 9.02. The smallest absolute Gasteiger partial charge is 0.116 e. The van der Waals surface area contributed by atoms with Crippen LogP contribution in [-0.4, -0.2) is 4.98 Å². The minimum Gasteiger partial charge on any atom is -0.376 e. The Morgan fingerprint density at radius 1 is 1.29 bits per heavy atom. The zero-order valence-corrected chi connectivity index (χ0v) is 12.9. The molecule has 104 valence electrons. The third kappa shape index (κ3) is 2.85. The van der Waals surface area contributed by atoms with Crippen molar-refractivity contribution in [3.63, 3.8) is 0 Å². The molecule has 3 rings (SSSR count). The lowest BCUT2D eigenvalue weighted by molar-refractivity contribution is 0.874. The Kier molecular flexibility index (Phi) is 3.78. The van der Waals surface area contributed by atoms with E-state index >= 15 is 0 Å². The molecule has 3 aromatic rings. The fourth-order valence-electron chi connectivity index (χ4n) is 2.09. The average molecular weight is 314 g/mol. The fraction of sp³-hybridized carbons (Fsp3) is 0.125. The zero-order chi connectivity index (χ0) is 14.8. The summed E-state index contributed by atoms with van der Waals surface area (Å²) >= 11 is 7.62. The molecule has 2 aromatic carbocycles. The van der Waals surface area contributed by atoms with Crippen LogP contribution in [0, 0.1) is 11.3 Å². The van der Waals surface area contributed by atoms with Crippen LogP contribution in [0.5, 0.6) is 0 Å². The van der Waals surface area contributed by atoms with Gasteiger partial charge in [0.1, 0.15) is 11.1 Å². The van der Waals surface area contributed by atoms with Gasteiger partial charge in [-0.15, -0.1) is 11.3 Å². The number of nitrogens with one attached hydrogen (secondary N) is 1. The van der Waals surface area contributed by atoms with Gasteiger partial charge in [-0.1, -0.05) is 23.7 Å². The largest absolute Gasteiger partial charge is 0.376 e. The minimum absolute atomic E-state index is 0.0649. The maximum Gasteiger partial charge on any atom is 0.116 e. The van der Waals surface area contributed by atoms with Gasteiger partial charge in [0.15, 0.2) is 0 Å². The van der Waals surface area contributed by atoms with Crippen molar-refractivity contribution in [2.45, 2.75) is 13.0 Å². The number of nitriles is 1. The van der Waals surface area contributed by atoms with E-state index in [9.17, 15) is 0 Å². The summed E-state index contributed by atoms with van der Waals surface area (Å²) in [6.45, 7) is 2.05. The SMILES string of the molecule is CC(Nc1ccc(Cl)c(C#N)c1)c1nc2ccccc2s1. The first-order valence-electron chi connectivity index (χ1n) is 6.49. The van der Waals surface area contributed by atoms with Crippen LogP contribution in [-0.2, 0) is 0 Å². The molecule has 0 amide bonds. The molecular weight excluding hydrogens is 302 g/mol. The van der Waals surface area contributed by atoms with E-state index in [0.29, 0.717) is 10.6 Å². The van der Waals surface area contributed by atoms with Gasteiger partial charge in [0.25, 0.3) is 0 Å². The summed E-state index contributed by atoms with van der Waals surface area (Å²) in [5, 5.41) is 13.9. The molecule has 0 bridgehead atoms. The predicted molar refractivity (Wildman–Crippen MR) is 87.8 cm³/mol. The Hall–Kier alpha value is -2.09. The number of rotatable bonds is 3. The Morgan fingerprint density at radius 2 is 2.10 bits per heavy atom. The molecular formula is C16H12ClN3S. The van der Waals surface area contributed by atoms with Crippen LogP contribution >= 0.6 is 22.9 Å². The van der Waals surface area contributed by atoms with Crippen LogP contribution in [0.2, 0.25) is 5.02 Å². The third-order valence-corrected chi connectivity index (χ3v) is 4.70. The summed E-state index contributed by atoms with van der Waals surface area (Å²) in [6, 6.07) is 15.6. The Balaban J connectivity index is 1.86. The van der Waals surface area contributed by atoms with E-state index in [2.05, 4.69) is 29.4 Å². The summed E-state index contributed by atoms with van der Waals surface area (Å²) in [5.41, 5.74) is 2.35. The minimum atomic E-state index is 0.0649. The summed E-state index contributed by atoms with van der Waals surface area (Å²) in [5.74, 6) is 0. The van der Waals surface area contributed by atoms with Gasteiger partial charge in [-0.05, 0) is 37.3 Å². The van der Waals surface area contributed by atoms with E-state index in [1.54, 1.807) is 23.5 Å². The summed E-state index contributed by atoms with van der Waals surface area (Å²) < 4.78 is 1.18. The van der Waals surface area contributed by atoms with Gasteiger partial charge in [-0.25, -0.2) is 4.98 Å². The Morgan fingerprint density at radius 3 is 2.86 bits per heavy atom. The normalized spacial score (nSPS) is 12.0. The van der Waals surface area contributed by atoms with Crippen molar-refractivity contribution in [2.24, 2.45) is 0 Å². The van der Waals surface area contributed by atoms with Crippen LogP contribution in [0.3, 0.4) is 0 Å². The van der Waals surface area contributed by atoms with E-state index in [0.717, 1.165) is 16.2 Å². The van der Waals surface area contributed by atoms with Crippen molar-refractivity contribution in [3.8, 4) is 6.07 Å². The highest BCUT2D eigenvalue weighted by Gasteiger charge is 2.12. The lowest BCUT2D eigenvalue weighted by Crippen LogP contribution is -2.06. The third-order valence-electron chi connectivity index (χ3n) is 3.15. The van der Waals surface area contributed by atoms with E-state index in [4.69, 9.17) is 16.9 Å². The lowest BCUT2D eigenvalue weighted by atomic mass is 10.2. The van der Waals surface area contributed by atoms with Crippen LogP contribution in [0.25, 0.3) is 10.2 Å². The molecule has 0 aliphatic rings. The van der Waals surface area contributed by atoms with Crippen molar-refractivity contribution in [1.29, 1.82) is 5.26 Å². The van der Waals surface area contributed by atoms with Gasteiger partial charge in [-0.3, -0.25) is 0 Å². The molecule has 0 fully saturated rings. The average Bonchev–Trinajstić information content (AvgIpc) is 2.93. The Labute approximate surface area is 131 Å². The van der Waals surface area contributed by atoms with E-state index < -0.39 is 0 Å². The monoisotopic (exact) mass is 313 g/mol. The molecule has 1 heterocycles. The molecule has 0 saturated heterocycles. The topological polar surface area (TPSA) is 48.7 Å². The van der Waals surface area contributed by atoms with Gasteiger partial charge >= 0.3 is 0 Å². The molecule has 0 radical (unpaired) electrons. The molecule has 1 aromatic heterocycles. The first-order valence-corrected chi connectivity index (χ1v) is 7.68. The van der Waals surface area contributed by atoms with Crippen molar-refractivity contribution in [3.05, 3.63) is 58.1 Å². The molecule has 21 heavy (non-hydrogen) atoms. The van der Waals surface area contributed by atoms with Gasteiger partial charge in [0, 0.05) is 5.69 Å². The number of para-hydroxylation sites is 1. The summed E-state index contributed by atoms with van der Waals surface area (Å²) in [4.78, 5) is 4.63. The fourth-order valence-corrected chi connectivity index (χ4v) is 3.22. The van der Waals surface area contributed by atoms with Crippen molar-refractivity contribution in [1.82, 2.24) is 4.98 Å². The predicted octanol–water partition coefficient (Wildman–Crippen LogP) is 4.99. The first-order chi connectivity index (χ1) is 10.2. The van der Waals surface area contributed by atoms with Crippen molar-refractivity contribution >= 4 is 38.8 Å². The maximum absolute atomic E-state index is 9.02. The van der Waals surface area contributed by atoms with Crippen molar-refractivity contribution in [2.75, 3.05) is 5.32 Å². The second kappa shape index (κ2) is 5.72. The molecule has 1 atom stereocenters. The number of anilines is 1.